The summed E-state index contributed by atoms with van der Waals surface area (Å²) in [7, 11) is -2.01. The first kappa shape index (κ1) is 15.1. The van der Waals surface area contributed by atoms with Gasteiger partial charge in [0.1, 0.15) is 0 Å². The van der Waals surface area contributed by atoms with Crippen molar-refractivity contribution in [3.8, 4) is 0 Å². The lowest BCUT2D eigenvalue weighted by molar-refractivity contribution is 0.103. The molecule has 2 rings (SSSR count). The van der Waals surface area contributed by atoms with E-state index in [1.165, 1.54) is 34.1 Å². The number of thiophene rings is 1. The fraction of sp³-hybridized carbons (Fsp3) is 0.273. The van der Waals surface area contributed by atoms with E-state index >= 15 is 0 Å². The van der Waals surface area contributed by atoms with Crippen molar-refractivity contribution in [2.75, 3.05) is 18.9 Å². The minimum Gasteiger partial charge on any atom is -0.297 e. The highest BCUT2D eigenvalue weighted by Gasteiger charge is 2.22. The van der Waals surface area contributed by atoms with Gasteiger partial charge in [-0.2, -0.15) is 0 Å². The zero-order chi connectivity index (χ0) is 14.8. The zero-order valence-electron chi connectivity index (χ0n) is 10.9. The Balaban J connectivity index is 2.19. The lowest BCUT2D eigenvalue weighted by atomic mass is 10.4. The number of hydrogen-bond donors (Lipinski definition) is 1. The number of anilines is 1. The van der Waals surface area contributed by atoms with Crippen molar-refractivity contribution < 1.29 is 13.2 Å². The highest BCUT2D eigenvalue weighted by molar-refractivity contribution is 7.89. The first-order chi connectivity index (χ1) is 9.45. The summed E-state index contributed by atoms with van der Waals surface area (Å²) in [6.07, 6.45) is 1.58. The first-order valence-electron chi connectivity index (χ1n) is 5.71. The maximum absolute atomic E-state index is 12.1. The molecule has 6 nitrogen and oxygen atoms in total. The largest absolute Gasteiger partial charge is 0.297 e. The number of thiazole rings is 1. The smallest absolute Gasteiger partial charge is 0.267 e. The molecule has 0 aromatic carbocycles. The summed E-state index contributed by atoms with van der Waals surface area (Å²) in [5.74, 6) is -0.356. The topological polar surface area (TPSA) is 79.4 Å². The van der Waals surface area contributed by atoms with Crippen LogP contribution in [0.3, 0.4) is 0 Å². The van der Waals surface area contributed by atoms with E-state index in [0.29, 0.717) is 16.6 Å². The van der Waals surface area contributed by atoms with Crippen molar-refractivity contribution in [3.63, 3.8) is 0 Å². The first-order valence-corrected chi connectivity index (χ1v) is 8.90. The number of rotatable bonds is 5. The van der Waals surface area contributed by atoms with Crippen molar-refractivity contribution in [3.05, 3.63) is 27.9 Å². The van der Waals surface area contributed by atoms with Crippen LogP contribution in [0.15, 0.2) is 27.9 Å². The van der Waals surface area contributed by atoms with Crippen LogP contribution in [-0.2, 0) is 10.0 Å². The van der Waals surface area contributed by atoms with E-state index in [0.717, 1.165) is 11.3 Å². The molecule has 20 heavy (non-hydrogen) atoms. The summed E-state index contributed by atoms with van der Waals surface area (Å²) in [5, 5.41) is 6.32. The number of nitrogens with zero attached hydrogens (tertiary/aromatic N) is 2. The molecule has 2 aromatic rings. The molecule has 1 amide bonds. The summed E-state index contributed by atoms with van der Waals surface area (Å²) in [6.45, 7) is 2.12. The molecule has 0 aliphatic carbocycles. The molecule has 0 spiro atoms. The Bertz CT molecular complexity index is 692. The third-order valence-electron chi connectivity index (χ3n) is 2.61. The SMILES string of the molecule is CCN(C)S(=O)(=O)c1csc(C(=O)Nc2nccs2)c1. The maximum Gasteiger partial charge on any atom is 0.267 e. The van der Waals surface area contributed by atoms with Gasteiger partial charge in [0.2, 0.25) is 10.0 Å². The maximum atomic E-state index is 12.1. The van der Waals surface area contributed by atoms with Crippen LogP contribution in [0.5, 0.6) is 0 Å². The van der Waals surface area contributed by atoms with Crippen LogP contribution in [-0.4, -0.2) is 37.2 Å². The Morgan fingerprint density at radius 1 is 1.45 bits per heavy atom. The van der Waals surface area contributed by atoms with Gasteiger partial charge in [-0.1, -0.05) is 6.92 Å². The van der Waals surface area contributed by atoms with Crippen LogP contribution < -0.4 is 5.32 Å². The number of nitrogens with one attached hydrogen (secondary N) is 1. The zero-order valence-corrected chi connectivity index (χ0v) is 13.3. The molecule has 0 atom stereocenters. The Labute approximate surface area is 125 Å². The van der Waals surface area contributed by atoms with Crippen LogP contribution in [0.4, 0.5) is 5.13 Å². The molecule has 108 valence electrons. The van der Waals surface area contributed by atoms with E-state index in [2.05, 4.69) is 10.3 Å². The molecule has 0 saturated heterocycles. The molecule has 0 radical (unpaired) electrons. The van der Waals surface area contributed by atoms with Crippen molar-refractivity contribution in [1.29, 1.82) is 0 Å². The Kier molecular flexibility index (Phi) is 4.53. The van der Waals surface area contributed by atoms with Crippen LogP contribution in [0.2, 0.25) is 0 Å². The van der Waals surface area contributed by atoms with Crippen LogP contribution >= 0.6 is 22.7 Å². The second-order valence-electron chi connectivity index (χ2n) is 3.86. The lowest BCUT2D eigenvalue weighted by Crippen LogP contribution is -2.26. The minimum atomic E-state index is -3.51. The standard InChI is InChI=1S/C11H13N3O3S3/c1-3-14(2)20(16,17)8-6-9(19-7-8)10(15)13-11-12-4-5-18-11/h4-7H,3H2,1-2H3,(H,12,13,15). The molecule has 9 heteroatoms. The van der Waals surface area contributed by atoms with E-state index in [1.807, 2.05) is 0 Å². The molecule has 0 fully saturated rings. The monoisotopic (exact) mass is 331 g/mol. The van der Waals surface area contributed by atoms with Gasteiger partial charge in [0.05, 0.1) is 9.77 Å². The number of hydrogen-bond acceptors (Lipinski definition) is 6. The molecule has 0 bridgehead atoms. The molecular weight excluding hydrogens is 318 g/mol. The Hall–Kier alpha value is -1.29. The number of aromatic nitrogens is 1. The van der Waals surface area contributed by atoms with E-state index in [9.17, 15) is 13.2 Å². The van der Waals surface area contributed by atoms with Crippen molar-refractivity contribution in [2.45, 2.75) is 11.8 Å². The molecule has 1 N–H and O–H groups in total. The molecule has 0 unspecified atom stereocenters. The van der Waals surface area contributed by atoms with Crippen molar-refractivity contribution in [1.82, 2.24) is 9.29 Å². The summed E-state index contributed by atoms with van der Waals surface area (Å²) in [5.41, 5.74) is 0. The van der Waals surface area contributed by atoms with E-state index in [-0.39, 0.29) is 10.8 Å². The highest BCUT2D eigenvalue weighted by Crippen LogP contribution is 2.23. The van der Waals surface area contributed by atoms with Gasteiger partial charge in [-0.3, -0.25) is 10.1 Å². The average Bonchev–Trinajstić information content (AvgIpc) is 3.08. The quantitative estimate of drug-likeness (QED) is 0.910. The number of amides is 1. The molecule has 2 aromatic heterocycles. The predicted molar refractivity (Wildman–Crippen MR) is 79.9 cm³/mol. The van der Waals surface area contributed by atoms with Crippen LogP contribution in [0.1, 0.15) is 16.6 Å². The normalized spacial score (nSPS) is 11.8. The number of carbonyl (C=O) groups excluding carboxylic acids is 1. The third-order valence-corrected chi connectivity index (χ3v) is 6.28. The van der Waals surface area contributed by atoms with Crippen LogP contribution in [0.25, 0.3) is 0 Å². The van der Waals surface area contributed by atoms with Gasteiger partial charge in [0.25, 0.3) is 5.91 Å². The predicted octanol–water partition coefficient (Wildman–Crippen LogP) is 2.10. The van der Waals surface area contributed by atoms with E-state index < -0.39 is 10.0 Å². The second kappa shape index (κ2) is 6.00. The van der Waals surface area contributed by atoms with Crippen molar-refractivity contribution in [2.24, 2.45) is 0 Å². The van der Waals surface area contributed by atoms with Gasteiger partial charge < -0.3 is 0 Å². The summed E-state index contributed by atoms with van der Waals surface area (Å²) < 4.78 is 25.4. The Morgan fingerprint density at radius 3 is 2.80 bits per heavy atom. The van der Waals surface area contributed by atoms with E-state index in [1.54, 1.807) is 18.5 Å². The van der Waals surface area contributed by atoms with Gasteiger partial charge in [0, 0.05) is 30.5 Å². The molecular formula is C11H13N3O3S3. The second-order valence-corrected chi connectivity index (χ2v) is 7.71. The van der Waals surface area contributed by atoms with Gasteiger partial charge in [-0.25, -0.2) is 17.7 Å². The minimum absolute atomic E-state index is 0.135. The molecule has 0 saturated carbocycles. The highest BCUT2D eigenvalue weighted by atomic mass is 32.2. The molecule has 0 aliphatic heterocycles. The fourth-order valence-corrected chi connectivity index (χ4v) is 4.23. The summed E-state index contributed by atoms with van der Waals surface area (Å²) in [6, 6.07) is 1.38. The molecule has 0 aliphatic rings. The summed E-state index contributed by atoms with van der Waals surface area (Å²) >= 11 is 2.40. The molecule has 2 heterocycles. The lowest BCUT2D eigenvalue weighted by Gasteiger charge is -2.12. The third kappa shape index (κ3) is 3.06. The summed E-state index contributed by atoms with van der Waals surface area (Å²) in [4.78, 5) is 16.4. The van der Waals surface area contributed by atoms with Crippen molar-refractivity contribution >= 4 is 43.7 Å². The van der Waals surface area contributed by atoms with Gasteiger partial charge in [-0.15, -0.1) is 22.7 Å². The average molecular weight is 331 g/mol. The van der Waals surface area contributed by atoms with Gasteiger partial charge in [-0.05, 0) is 6.07 Å². The number of carbonyl (C=O) groups is 1. The van der Waals surface area contributed by atoms with Gasteiger partial charge in [0.15, 0.2) is 5.13 Å². The Morgan fingerprint density at radius 2 is 2.20 bits per heavy atom. The van der Waals surface area contributed by atoms with Gasteiger partial charge >= 0.3 is 0 Å². The van der Waals surface area contributed by atoms with Crippen LogP contribution in [0, 0.1) is 0 Å². The number of sulfonamides is 1. The van der Waals surface area contributed by atoms with E-state index in [4.69, 9.17) is 0 Å². The fourth-order valence-electron chi connectivity index (χ4n) is 1.37.